The fourth-order valence-electron chi connectivity index (χ4n) is 2.84. The molecular weight excluding hydrogens is 434 g/mol. The average molecular weight is 454 g/mol. The van der Waals surface area contributed by atoms with E-state index in [-0.39, 0.29) is 35.2 Å². The molecule has 0 spiro atoms. The molecule has 2 aromatic carbocycles. The van der Waals surface area contributed by atoms with Crippen LogP contribution in [-0.2, 0) is 30.8 Å². The van der Waals surface area contributed by atoms with Crippen molar-refractivity contribution in [3.8, 4) is 0 Å². The van der Waals surface area contributed by atoms with Gasteiger partial charge in [-0.3, -0.25) is 0 Å². The third-order valence-corrected chi connectivity index (χ3v) is 6.88. The summed E-state index contributed by atoms with van der Waals surface area (Å²) in [4.78, 5) is 23.7. The van der Waals surface area contributed by atoms with Crippen molar-refractivity contribution in [1.29, 1.82) is 0 Å². The summed E-state index contributed by atoms with van der Waals surface area (Å²) in [6, 6.07) is 10.4. The van der Waals surface area contributed by atoms with Gasteiger partial charge in [0.15, 0.2) is 0 Å². The van der Waals surface area contributed by atoms with E-state index in [0.29, 0.717) is 24.3 Å². The van der Waals surface area contributed by atoms with Crippen LogP contribution < -0.4 is 0 Å². The molecule has 30 heavy (non-hydrogen) atoms. The first kappa shape index (κ1) is 22.2. The van der Waals surface area contributed by atoms with Gasteiger partial charge in [0.1, 0.15) is 11.5 Å². The van der Waals surface area contributed by atoms with Crippen molar-refractivity contribution in [2.24, 2.45) is 0 Å². The summed E-state index contributed by atoms with van der Waals surface area (Å²) in [5.74, 6) is -1.16. The van der Waals surface area contributed by atoms with Crippen molar-refractivity contribution < 1.29 is 32.2 Å². The third kappa shape index (κ3) is 4.99. The fourth-order valence-corrected chi connectivity index (χ4v) is 4.75. The first-order chi connectivity index (χ1) is 14.3. The first-order valence-corrected chi connectivity index (χ1v) is 10.9. The van der Waals surface area contributed by atoms with E-state index < -0.39 is 22.0 Å². The smallest absolute Gasteiger partial charge is 0.338 e. The summed E-state index contributed by atoms with van der Waals surface area (Å²) in [7, 11) is -2.57. The van der Waals surface area contributed by atoms with Gasteiger partial charge in [-0.2, -0.15) is 4.31 Å². The van der Waals surface area contributed by atoms with Crippen LogP contribution in [0.25, 0.3) is 0 Å². The molecular formula is C20H20ClNO7S. The standard InChI is InChI=1S/C20H20ClNO7S/c1-27-19(23)15-4-2-14(3-5-15)13-29-20(24)16-6-7-17(21)18(12-16)30(25,26)22-8-10-28-11-9-22/h2-7,12H,8-11,13H2,1H3. The second-order valence-corrected chi connectivity index (χ2v) is 8.74. The van der Waals surface area contributed by atoms with Crippen LogP contribution in [0, 0.1) is 0 Å². The van der Waals surface area contributed by atoms with Crippen molar-refractivity contribution in [3.05, 3.63) is 64.2 Å². The molecule has 0 N–H and O–H groups in total. The van der Waals surface area contributed by atoms with Gasteiger partial charge in [0.2, 0.25) is 10.0 Å². The number of hydrogen-bond donors (Lipinski definition) is 0. The molecule has 0 aliphatic carbocycles. The number of rotatable bonds is 6. The zero-order valence-corrected chi connectivity index (χ0v) is 17.7. The largest absolute Gasteiger partial charge is 0.465 e. The first-order valence-electron chi connectivity index (χ1n) is 9.05. The highest BCUT2D eigenvalue weighted by atomic mass is 35.5. The highest BCUT2D eigenvalue weighted by molar-refractivity contribution is 7.89. The van der Waals surface area contributed by atoms with E-state index in [1.807, 2.05) is 0 Å². The molecule has 0 saturated carbocycles. The molecule has 10 heteroatoms. The maximum absolute atomic E-state index is 12.9. The number of methoxy groups -OCH3 is 1. The second-order valence-electron chi connectivity index (χ2n) is 6.43. The van der Waals surface area contributed by atoms with Gasteiger partial charge >= 0.3 is 11.9 Å². The molecule has 0 atom stereocenters. The van der Waals surface area contributed by atoms with Gasteiger partial charge < -0.3 is 14.2 Å². The number of carbonyl (C=O) groups is 2. The second kappa shape index (κ2) is 9.57. The van der Waals surface area contributed by atoms with Crippen LogP contribution in [0.1, 0.15) is 26.3 Å². The van der Waals surface area contributed by atoms with E-state index in [1.54, 1.807) is 24.3 Å². The third-order valence-electron chi connectivity index (χ3n) is 4.50. The van der Waals surface area contributed by atoms with Crippen molar-refractivity contribution in [2.45, 2.75) is 11.5 Å². The van der Waals surface area contributed by atoms with Crippen LogP contribution in [0.4, 0.5) is 0 Å². The Balaban J connectivity index is 1.72. The number of hydrogen-bond acceptors (Lipinski definition) is 7. The fraction of sp³-hybridized carbons (Fsp3) is 0.300. The van der Waals surface area contributed by atoms with Gasteiger partial charge in [0.25, 0.3) is 0 Å². The lowest BCUT2D eigenvalue weighted by Gasteiger charge is -2.26. The Morgan fingerprint density at radius 3 is 2.30 bits per heavy atom. The summed E-state index contributed by atoms with van der Waals surface area (Å²) >= 11 is 6.10. The number of halogens is 1. The number of carbonyl (C=O) groups excluding carboxylic acids is 2. The van der Waals surface area contributed by atoms with Crippen LogP contribution >= 0.6 is 11.6 Å². The number of esters is 2. The summed E-state index contributed by atoms with van der Waals surface area (Å²) in [6.45, 7) is 0.985. The van der Waals surface area contributed by atoms with Crippen molar-refractivity contribution >= 4 is 33.6 Å². The predicted molar refractivity (Wildman–Crippen MR) is 108 cm³/mol. The van der Waals surface area contributed by atoms with Crippen LogP contribution in [0.5, 0.6) is 0 Å². The molecule has 1 heterocycles. The van der Waals surface area contributed by atoms with Crippen LogP contribution in [0.3, 0.4) is 0 Å². The molecule has 1 saturated heterocycles. The maximum atomic E-state index is 12.9. The lowest BCUT2D eigenvalue weighted by atomic mass is 10.1. The van der Waals surface area contributed by atoms with Crippen LogP contribution in [0.2, 0.25) is 5.02 Å². The predicted octanol–water partition coefficient (Wildman–Crippen LogP) is 2.50. The molecule has 1 aliphatic heterocycles. The zero-order chi connectivity index (χ0) is 21.7. The number of nitrogens with zero attached hydrogens (tertiary/aromatic N) is 1. The molecule has 1 aliphatic rings. The Morgan fingerprint density at radius 2 is 1.67 bits per heavy atom. The van der Waals surface area contributed by atoms with Gasteiger partial charge in [-0.05, 0) is 35.9 Å². The zero-order valence-electron chi connectivity index (χ0n) is 16.2. The van der Waals surface area contributed by atoms with E-state index in [4.69, 9.17) is 21.1 Å². The lowest BCUT2D eigenvalue weighted by molar-refractivity contribution is 0.0471. The van der Waals surface area contributed by atoms with Crippen molar-refractivity contribution in [3.63, 3.8) is 0 Å². The Kier molecular flexibility index (Phi) is 7.09. The summed E-state index contributed by atoms with van der Waals surface area (Å²) in [5, 5.41) is 0.0245. The summed E-state index contributed by atoms with van der Waals surface area (Å²) in [6.07, 6.45) is 0. The van der Waals surface area contributed by atoms with Gasteiger partial charge in [0, 0.05) is 13.1 Å². The van der Waals surface area contributed by atoms with Crippen LogP contribution in [-0.4, -0.2) is 58.1 Å². The lowest BCUT2D eigenvalue weighted by Crippen LogP contribution is -2.40. The van der Waals surface area contributed by atoms with E-state index in [2.05, 4.69) is 4.74 Å². The Bertz CT molecular complexity index is 1030. The molecule has 160 valence electrons. The Labute approximate surface area is 179 Å². The number of sulfonamides is 1. The van der Waals surface area contributed by atoms with Gasteiger partial charge in [-0.1, -0.05) is 23.7 Å². The number of morpholine rings is 1. The Morgan fingerprint density at radius 1 is 1.03 bits per heavy atom. The molecule has 0 aromatic heterocycles. The Hall–Kier alpha value is -2.46. The maximum Gasteiger partial charge on any atom is 0.338 e. The molecule has 0 bridgehead atoms. The molecule has 0 unspecified atom stereocenters. The minimum absolute atomic E-state index is 0.0245. The molecule has 2 aromatic rings. The van der Waals surface area contributed by atoms with E-state index in [1.165, 1.54) is 29.6 Å². The van der Waals surface area contributed by atoms with Crippen molar-refractivity contribution in [2.75, 3.05) is 33.4 Å². The normalized spacial score (nSPS) is 14.9. The number of benzene rings is 2. The van der Waals surface area contributed by atoms with Crippen LogP contribution in [0.15, 0.2) is 47.4 Å². The minimum Gasteiger partial charge on any atom is -0.465 e. The summed E-state index contributed by atoms with van der Waals surface area (Å²) < 4.78 is 42.1. The quantitative estimate of drug-likeness (QED) is 0.619. The van der Waals surface area contributed by atoms with Gasteiger partial charge in [0.05, 0.1) is 36.5 Å². The molecule has 8 nitrogen and oxygen atoms in total. The average Bonchev–Trinajstić information content (AvgIpc) is 2.78. The summed E-state index contributed by atoms with van der Waals surface area (Å²) in [5.41, 5.74) is 1.10. The SMILES string of the molecule is COC(=O)c1ccc(COC(=O)c2ccc(Cl)c(S(=O)(=O)N3CCOCC3)c2)cc1. The van der Waals surface area contributed by atoms with E-state index >= 15 is 0 Å². The highest BCUT2D eigenvalue weighted by Gasteiger charge is 2.29. The number of ether oxygens (including phenoxy) is 3. The monoisotopic (exact) mass is 453 g/mol. The van der Waals surface area contributed by atoms with Gasteiger partial charge in [-0.25, -0.2) is 18.0 Å². The van der Waals surface area contributed by atoms with E-state index in [0.717, 1.165) is 0 Å². The molecule has 0 radical (unpaired) electrons. The topological polar surface area (TPSA) is 99.2 Å². The van der Waals surface area contributed by atoms with Crippen molar-refractivity contribution in [1.82, 2.24) is 4.31 Å². The molecule has 1 fully saturated rings. The minimum atomic E-state index is -3.86. The molecule has 0 amide bonds. The van der Waals surface area contributed by atoms with Gasteiger partial charge in [-0.15, -0.1) is 0 Å². The van der Waals surface area contributed by atoms with E-state index in [9.17, 15) is 18.0 Å². The highest BCUT2D eigenvalue weighted by Crippen LogP contribution is 2.27. The molecule has 3 rings (SSSR count).